The predicted octanol–water partition coefficient (Wildman–Crippen LogP) is 0.766. The van der Waals surface area contributed by atoms with Gasteiger partial charge >= 0.3 is 0 Å². The Kier molecular flexibility index (Phi) is 7.82. The van der Waals surface area contributed by atoms with Crippen molar-refractivity contribution in [3.05, 3.63) is 54.7 Å². The molecular formula is C31H31N7O8S2. The van der Waals surface area contributed by atoms with Crippen LogP contribution in [0.3, 0.4) is 0 Å². The maximum atomic E-state index is 13.7. The van der Waals surface area contributed by atoms with Gasteiger partial charge in [-0.3, -0.25) is 33.7 Å². The van der Waals surface area contributed by atoms with E-state index in [1.165, 1.54) is 12.2 Å². The molecule has 15 nitrogen and oxygen atoms in total. The molecule has 0 saturated carbocycles. The summed E-state index contributed by atoms with van der Waals surface area (Å²) in [6.45, 7) is 4.46. The van der Waals surface area contributed by atoms with Gasteiger partial charge in [-0.15, -0.1) is 22.7 Å². The fourth-order valence-corrected chi connectivity index (χ4v) is 8.69. The lowest BCUT2D eigenvalue weighted by molar-refractivity contribution is -0.0903. The molecule has 0 N–H and O–H groups in total. The minimum absolute atomic E-state index is 0.000286. The van der Waals surface area contributed by atoms with Crippen molar-refractivity contribution in [3.63, 3.8) is 0 Å². The summed E-state index contributed by atoms with van der Waals surface area (Å²) in [5.74, 6) is -2.17. The van der Waals surface area contributed by atoms with E-state index in [1.807, 2.05) is 21.7 Å². The van der Waals surface area contributed by atoms with Crippen LogP contribution in [-0.2, 0) is 9.47 Å². The molecule has 17 heteroatoms. The van der Waals surface area contributed by atoms with Crippen molar-refractivity contribution in [1.29, 1.82) is 0 Å². The van der Waals surface area contributed by atoms with Crippen LogP contribution >= 0.6 is 22.7 Å². The highest BCUT2D eigenvalue weighted by molar-refractivity contribution is 7.16. The summed E-state index contributed by atoms with van der Waals surface area (Å²) in [6, 6.07) is 0. The number of ketones is 4. The van der Waals surface area contributed by atoms with Gasteiger partial charge in [0.15, 0.2) is 21.6 Å². The molecule has 0 radical (unpaired) electrons. The van der Waals surface area contributed by atoms with Gasteiger partial charge in [-0.05, 0) is 19.9 Å². The quantitative estimate of drug-likeness (QED) is 0.417. The highest BCUT2D eigenvalue weighted by atomic mass is 32.1. The summed E-state index contributed by atoms with van der Waals surface area (Å²) in [6.07, 6.45) is 3.57. The summed E-state index contributed by atoms with van der Waals surface area (Å²) >= 11 is 1.89. The van der Waals surface area contributed by atoms with Crippen LogP contribution in [0.1, 0.15) is 72.8 Å². The number of amides is 2. The first kappa shape index (κ1) is 31.1. The number of rotatable bonds is 6. The molecule has 6 heterocycles. The van der Waals surface area contributed by atoms with E-state index < -0.39 is 11.6 Å². The third kappa shape index (κ3) is 5.03. The number of hydrogen-bond donors (Lipinski definition) is 0. The molecule has 4 fully saturated rings. The topological polar surface area (TPSA) is 163 Å². The van der Waals surface area contributed by atoms with Crippen LogP contribution in [0.15, 0.2) is 23.5 Å². The third-order valence-electron chi connectivity index (χ3n) is 9.63. The van der Waals surface area contributed by atoms with E-state index in [0.29, 0.717) is 78.5 Å². The molecular weight excluding hydrogens is 663 g/mol. The van der Waals surface area contributed by atoms with Crippen molar-refractivity contribution in [3.8, 4) is 0 Å². The Morgan fingerprint density at radius 2 is 1.08 bits per heavy atom. The second-order valence-electron chi connectivity index (χ2n) is 12.2. The number of Topliss-reactive ketones (excluding diaryl/α,β-unsaturated/α-hetero) is 2. The average molecular weight is 694 g/mol. The average Bonchev–Trinajstić information content (AvgIpc) is 3.72. The second-order valence-corrected chi connectivity index (χ2v) is 14.2. The first-order chi connectivity index (χ1) is 23.2. The van der Waals surface area contributed by atoms with Crippen LogP contribution in [0.2, 0.25) is 0 Å². The minimum Gasteiger partial charge on any atom is -0.378 e. The molecule has 4 aliphatic heterocycles. The fourth-order valence-electron chi connectivity index (χ4n) is 6.80. The van der Waals surface area contributed by atoms with Gasteiger partial charge in [0.1, 0.15) is 21.1 Å². The van der Waals surface area contributed by atoms with Crippen molar-refractivity contribution in [1.82, 2.24) is 34.5 Å². The van der Waals surface area contributed by atoms with Crippen molar-refractivity contribution in [2.45, 2.75) is 25.2 Å². The molecule has 0 aromatic carbocycles. The van der Waals surface area contributed by atoms with Gasteiger partial charge in [-0.2, -0.15) is 0 Å². The van der Waals surface area contributed by atoms with Gasteiger partial charge in [-0.1, -0.05) is 0 Å². The number of allylic oxidation sites excluding steroid dienone is 4. The number of morpholine rings is 2. The monoisotopic (exact) mass is 693 g/mol. The molecule has 2 unspecified atom stereocenters. The number of thiazole rings is 2. The summed E-state index contributed by atoms with van der Waals surface area (Å²) < 4.78 is 10.6. The predicted molar refractivity (Wildman–Crippen MR) is 169 cm³/mol. The van der Waals surface area contributed by atoms with E-state index in [1.54, 1.807) is 9.80 Å². The minimum atomic E-state index is -0.403. The van der Waals surface area contributed by atoms with Gasteiger partial charge in [0, 0.05) is 51.4 Å². The number of likely N-dealkylation sites (tertiary alicyclic amines) is 2. The lowest BCUT2D eigenvalue weighted by atomic mass is 9.96. The molecule has 0 bridgehead atoms. The van der Waals surface area contributed by atoms with E-state index in [-0.39, 0.29) is 78.3 Å². The zero-order valence-corrected chi connectivity index (χ0v) is 27.6. The van der Waals surface area contributed by atoms with E-state index in [2.05, 4.69) is 9.97 Å². The van der Waals surface area contributed by atoms with Gasteiger partial charge < -0.3 is 29.1 Å². The smallest absolute Gasteiger partial charge is 0.283 e. The maximum absolute atomic E-state index is 13.7. The van der Waals surface area contributed by atoms with Crippen LogP contribution in [0, 0.1) is 0 Å². The molecule has 2 aliphatic carbocycles. The zero-order chi connectivity index (χ0) is 33.3. The number of fused-ring (bicyclic) bond motifs is 2. The standard InChI is InChI=1S/C31H31N7O8S2/c1-34(20-2-4-37(20)16-14-18(39)26-22(24(16)41)32-28(47-26)30(43)35-6-10-45-11-7-35)21-3-5-38(21)17-15-19(40)27-23(25(17)42)33-29(48-27)31(44)36-8-12-46-13-9-36/h14-15,20-21H,2-13H2,1H3. The van der Waals surface area contributed by atoms with Gasteiger partial charge in [0.25, 0.3) is 11.8 Å². The molecule has 6 aliphatic rings. The van der Waals surface area contributed by atoms with E-state index >= 15 is 0 Å². The van der Waals surface area contributed by atoms with Crippen LogP contribution in [0.25, 0.3) is 0 Å². The largest absolute Gasteiger partial charge is 0.378 e. The highest BCUT2D eigenvalue weighted by Gasteiger charge is 2.47. The molecule has 2 aromatic heterocycles. The molecule has 48 heavy (non-hydrogen) atoms. The lowest BCUT2D eigenvalue weighted by Gasteiger charge is -2.56. The lowest BCUT2D eigenvalue weighted by Crippen LogP contribution is -2.66. The Hall–Kier alpha value is -4.16. The number of hydrogen-bond acceptors (Lipinski definition) is 15. The van der Waals surface area contributed by atoms with Crippen LogP contribution in [-0.4, -0.2) is 154 Å². The second kappa shape index (κ2) is 12.1. The Bertz CT molecular complexity index is 1710. The van der Waals surface area contributed by atoms with Gasteiger partial charge in [0.2, 0.25) is 11.6 Å². The van der Waals surface area contributed by atoms with Gasteiger partial charge in [-0.25, -0.2) is 9.97 Å². The first-order valence-electron chi connectivity index (χ1n) is 15.8. The van der Waals surface area contributed by atoms with Crippen molar-refractivity contribution >= 4 is 57.6 Å². The summed E-state index contributed by atoms with van der Waals surface area (Å²) in [5.41, 5.74) is 0.453. The summed E-state index contributed by atoms with van der Waals surface area (Å²) in [5, 5.41) is 0.225. The molecule has 2 atom stereocenters. The van der Waals surface area contributed by atoms with Crippen LogP contribution < -0.4 is 0 Å². The molecule has 8 rings (SSSR count). The maximum Gasteiger partial charge on any atom is 0.283 e. The van der Waals surface area contributed by atoms with Crippen LogP contribution in [0.5, 0.6) is 0 Å². The molecule has 250 valence electrons. The number of carbonyl (C=O) groups is 6. The highest BCUT2D eigenvalue weighted by Crippen LogP contribution is 2.38. The Labute approximate surface area is 282 Å². The molecule has 2 amide bonds. The Balaban J connectivity index is 0.964. The van der Waals surface area contributed by atoms with Crippen molar-refractivity contribution in [2.75, 3.05) is 72.7 Å². The number of nitrogens with zero attached hydrogens (tertiary/aromatic N) is 7. The summed E-state index contributed by atoms with van der Waals surface area (Å²) in [7, 11) is 1.89. The fraction of sp³-hybridized carbons (Fsp3) is 0.484. The van der Waals surface area contributed by atoms with Gasteiger partial charge in [0.05, 0.1) is 50.2 Å². The number of aromatic nitrogens is 2. The third-order valence-corrected chi connectivity index (χ3v) is 11.7. The SMILES string of the molecule is CN(C1CCN1C1=CC(=O)c2sc(C(=O)N3CCOCC3)nc2C1=O)C1CCN1C1=CC(=O)c2sc(C(=O)N3CCOCC3)nc2C1=O. The Morgan fingerprint density at radius 3 is 1.44 bits per heavy atom. The van der Waals surface area contributed by atoms with Crippen LogP contribution in [0.4, 0.5) is 0 Å². The van der Waals surface area contributed by atoms with E-state index in [0.717, 1.165) is 22.7 Å². The van der Waals surface area contributed by atoms with E-state index in [4.69, 9.17) is 9.47 Å². The van der Waals surface area contributed by atoms with Crippen molar-refractivity contribution in [2.24, 2.45) is 0 Å². The van der Waals surface area contributed by atoms with Crippen molar-refractivity contribution < 1.29 is 38.2 Å². The number of ether oxygens (including phenoxy) is 2. The zero-order valence-electron chi connectivity index (χ0n) is 26.0. The molecule has 2 aromatic rings. The first-order valence-corrected chi connectivity index (χ1v) is 17.5. The number of carbonyl (C=O) groups excluding carboxylic acids is 6. The normalized spacial score (nSPS) is 24.2. The van der Waals surface area contributed by atoms with E-state index in [9.17, 15) is 28.8 Å². The Morgan fingerprint density at radius 1 is 0.688 bits per heavy atom. The summed E-state index contributed by atoms with van der Waals surface area (Å²) in [4.78, 5) is 97.7. The molecule has 4 saturated heterocycles. The molecule has 0 spiro atoms.